The van der Waals surface area contributed by atoms with Gasteiger partial charge in [-0.3, -0.25) is 4.79 Å². The molecule has 1 saturated heterocycles. The fourth-order valence-electron chi connectivity index (χ4n) is 5.03. The molecule has 2 atom stereocenters. The lowest BCUT2D eigenvalue weighted by Gasteiger charge is -2.24. The fraction of sp³-hybridized carbons (Fsp3) is 0.346. The van der Waals surface area contributed by atoms with Crippen molar-refractivity contribution in [3.8, 4) is 0 Å². The molecule has 3 heteroatoms. The van der Waals surface area contributed by atoms with Crippen LogP contribution in [0.4, 0.5) is 5.69 Å². The fourth-order valence-corrected chi connectivity index (χ4v) is 5.03. The van der Waals surface area contributed by atoms with Crippen molar-refractivity contribution in [1.29, 1.82) is 0 Å². The van der Waals surface area contributed by atoms with Gasteiger partial charge in [-0.05, 0) is 66.3 Å². The second-order valence-electron chi connectivity index (χ2n) is 8.51. The SMILES string of the molecule is C[C@@H](N[C@H]1CCN(c2ccc3c(c2)CCCC3=O)C1)c1cccc2ccccc12. The van der Waals surface area contributed by atoms with Gasteiger partial charge < -0.3 is 10.2 Å². The number of anilines is 1. The zero-order valence-electron chi connectivity index (χ0n) is 17.0. The topological polar surface area (TPSA) is 32.3 Å². The minimum absolute atomic E-state index is 0.308. The van der Waals surface area contributed by atoms with Gasteiger partial charge in [-0.25, -0.2) is 0 Å². The van der Waals surface area contributed by atoms with Crippen LogP contribution in [0.15, 0.2) is 60.7 Å². The van der Waals surface area contributed by atoms with E-state index in [2.05, 4.69) is 71.7 Å². The highest BCUT2D eigenvalue weighted by Gasteiger charge is 2.26. The van der Waals surface area contributed by atoms with E-state index >= 15 is 0 Å². The number of fused-ring (bicyclic) bond motifs is 2. The quantitative estimate of drug-likeness (QED) is 0.663. The van der Waals surface area contributed by atoms with Crippen LogP contribution in [0.5, 0.6) is 0 Å². The average molecular weight is 385 g/mol. The van der Waals surface area contributed by atoms with Crippen molar-refractivity contribution in [2.24, 2.45) is 0 Å². The molecule has 0 saturated carbocycles. The minimum atomic E-state index is 0.308. The van der Waals surface area contributed by atoms with Gasteiger partial charge in [0.15, 0.2) is 5.78 Å². The van der Waals surface area contributed by atoms with Crippen LogP contribution in [0.2, 0.25) is 0 Å². The average Bonchev–Trinajstić information content (AvgIpc) is 3.21. The predicted octanol–water partition coefficient (Wildman–Crippen LogP) is 5.29. The van der Waals surface area contributed by atoms with E-state index in [4.69, 9.17) is 0 Å². The number of carbonyl (C=O) groups is 1. The van der Waals surface area contributed by atoms with Crippen LogP contribution in [0.3, 0.4) is 0 Å². The Morgan fingerprint density at radius 1 is 1.03 bits per heavy atom. The number of nitrogens with one attached hydrogen (secondary N) is 1. The molecule has 1 aliphatic carbocycles. The number of aryl methyl sites for hydroxylation is 1. The molecule has 29 heavy (non-hydrogen) atoms. The van der Waals surface area contributed by atoms with Crippen LogP contribution in [0.25, 0.3) is 10.8 Å². The first-order valence-corrected chi connectivity index (χ1v) is 10.8. The van der Waals surface area contributed by atoms with Crippen molar-refractivity contribution in [1.82, 2.24) is 5.32 Å². The number of hydrogen-bond acceptors (Lipinski definition) is 3. The molecule has 3 aromatic carbocycles. The van der Waals surface area contributed by atoms with Crippen molar-refractivity contribution in [2.75, 3.05) is 18.0 Å². The van der Waals surface area contributed by atoms with Crippen LogP contribution in [-0.4, -0.2) is 24.9 Å². The van der Waals surface area contributed by atoms with Crippen LogP contribution < -0.4 is 10.2 Å². The van der Waals surface area contributed by atoms with Crippen LogP contribution in [0, 0.1) is 0 Å². The highest BCUT2D eigenvalue weighted by molar-refractivity contribution is 5.98. The van der Waals surface area contributed by atoms with Crippen molar-refractivity contribution >= 4 is 22.2 Å². The Hall–Kier alpha value is -2.65. The molecule has 0 spiro atoms. The highest BCUT2D eigenvalue weighted by Crippen LogP contribution is 2.29. The number of Topliss-reactive ketones (excluding diaryl/α,β-unsaturated/α-hetero) is 1. The lowest BCUT2D eigenvalue weighted by atomic mass is 9.90. The zero-order chi connectivity index (χ0) is 19.8. The maximum atomic E-state index is 12.1. The van der Waals surface area contributed by atoms with Gasteiger partial charge in [0, 0.05) is 42.8 Å². The normalized spacial score (nSPS) is 20.1. The first-order chi connectivity index (χ1) is 14.2. The van der Waals surface area contributed by atoms with Crippen molar-refractivity contribution in [2.45, 2.75) is 44.7 Å². The van der Waals surface area contributed by atoms with E-state index in [0.717, 1.165) is 37.9 Å². The summed E-state index contributed by atoms with van der Waals surface area (Å²) in [5.41, 5.74) is 4.81. The molecule has 0 bridgehead atoms. The molecule has 2 aliphatic rings. The smallest absolute Gasteiger partial charge is 0.163 e. The van der Waals surface area contributed by atoms with E-state index < -0.39 is 0 Å². The molecule has 0 amide bonds. The monoisotopic (exact) mass is 384 g/mol. The summed E-state index contributed by atoms with van der Waals surface area (Å²) in [5.74, 6) is 0.308. The standard InChI is InChI=1S/C26H28N2O/c1-18(23-10-4-7-19-6-2-3-9-24(19)23)27-21-14-15-28(17-21)22-12-13-25-20(16-22)8-5-11-26(25)29/h2-4,6-7,9-10,12-13,16,18,21,27H,5,8,11,14-15,17H2,1H3/t18-,21+/m1/s1. The van der Waals surface area contributed by atoms with Gasteiger partial charge in [0.1, 0.15) is 0 Å². The molecular formula is C26H28N2O. The van der Waals surface area contributed by atoms with E-state index in [9.17, 15) is 4.79 Å². The summed E-state index contributed by atoms with van der Waals surface area (Å²) in [6.07, 6.45) is 3.86. The van der Waals surface area contributed by atoms with Crippen molar-refractivity contribution in [3.05, 3.63) is 77.4 Å². The lowest BCUT2D eigenvalue weighted by molar-refractivity contribution is 0.0972. The number of carbonyl (C=O) groups excluding carboxylic acids is 1. The largest absolute Gasteiger partial charge is 0.370 e. The van der Waals surface area contributed by atoms with Crippen molar-refractivity contribution < 1.29 is 4.79 Å². The second-order valence-corrected chi connectivity index (χ2v) is 8.51. The van der Waals surface area contributed by atoms with Crippen LogP contribution in [-0.2, 0) is 6.42 Å². The molecule has 1 N–H and O–H groups in total. The molecular weight excluding hydrogens is 356 g/mol. The Bertz CT molecular complexity index is 1050. The van der Waals surface area contributed by atoms with E-state index in [-0.39, 0.29) is 0 Å². The molecule has 148 valence electrons. The van der Waals surface area contributed by atoms with Crippen LogP contribution in [0.1, 0.15) is 53.7 Å². The number of hydrogen-bond donors (Lipinski definition) is 1. The third-order valence-corrected chi connectivity index (χ3v) is 6.57. The molecule has 1 aliphatic heterocycles. The van der Waals surface area contributed by atoms with E-state index in [1.54, 1.807) is 0 Å². The summed E-state index contributed by atoms with van der Waals surface area (Å²) in [4.78, 5) is 14.6. The molecule has 5 rings (SSSR count). The lowest BCUT2D eigenvalue weighted by Crippen LogP contribution is -2.34. The number of benzene rings is 3. The Kier molecular flexibility index (Phi) is 4.84. The molecule has 3 nitrogen and oxygen atoms in total. The summed E-state index contributed by atoms with van der Waals surface area (Å²) in [5, 5.41) is 6.50. The third-order valence-electron chi connectivity index (χ3n) is 6.57. The first-order valence-electron chi connectivity index (χ1n) is 10.8. The van der Waals surface area contributed by atoms with Crippen molar-refractivity contribution in [3.63, 3.8) is 0 Å². The predicted molar refractivity (Wildman–Crippen MR) is 120 cm³/mol. The summed E-state index contributed by atoms with van der Waals surface area (Å²) in [7, 11) is 0. The van der Waals surface area contributed by atoms with Gasteiger partial charge in [-0.1, -0.05) is 42.5 Å². The third kappa shape index (κ3) is 3.56. The van der Waals surface area contributed by atoms with Gasteiger partial charge in [-0.2, -0.15) is 0 Å². The maximum absolute atomic E-state index is 12.1. The molecule has 0 aromatic heterocycles. The van der Waals surface area contributed by atoms with Gasteiger partial charge in [0.25, 0.3) is 0 Å². The maximum Gasteiger partial charge on any atom is 0.163 e. The Morgan fingerprint density at radius 3 is 2.83 bits per heavy atom. The molecule has 0 radical (unpaired) electrons. The second kappa shape index (κ2) is 7.64. The van der Waals surface area contributed by atoms with E-state index in [0.29, 0.717) is 24.3 Å². The van der Waals surface area contributed by atoms with E-state index in [1.807, 2.05) is 6.07 Å². The van der Waals surface area contributed by atoms with E-state index in [1.165, 1.54) is 27.6 Å². The summed E-state index contributed by atoms with van der Waals surface area (Å²) in [6, 6.07) is 22.4. The minimum Gasteiger partial charge on any atom is -0.370 e. The van der Waals surface area contributed by atoms with Crippen LogP contribution >= 0.6 is 0 Å². The van der Waals surface area contributed by atoms with Gasteiger partial charge >= 0.3 is 0 Å². The summed E-state index contributed by atoms with van der Waals surface area (Å²) >= 11 is 0. The molecule has 1 fully saturated rings. The number of rotatable bonds is 4. The zero-order valence-corrected chi connectivity index (χ0v) is 17.0. The molecule has 0 unspecified atom stereocenters. The number of nitrogens with zero attached hydrogens (tertiary/aromatic N) is 1. The summed E-state index contributed by atoms with van der Waals surface area (Å²) < 4.78 is 0. The first kappa shape index (κ1) is 18.4. The highest BCUT2D eigenvalue weighted by atomic mass is 16.1. The number of ketones is 1. The van der Waals surface area contributed by atoms with Gasteiger partial charge in [-0.15, -0.1) is 0 Å². The van der Waals surface area contributed by atoms with Gasteiger partial charge in [0.2, 0.25) is 0 Å². The molecule has 1 heterocycles. The summed E-state index contributed by atoms with van der Waals surface area (Å²) in [6.45, 7) is 4.35. The Labute approximate surface area is 172 Å². The molecule has 3 aromatic rings. The Morgan fingerprint density at radius 2 is 1.90 bits per heavy atom. The Balaban J connectivity index is 1.29. The van der Waals surface area contributed by atoms with Gasteiger partial charge in [0.05, 0.1) is 0 Å².